The lowest BCUT2D eigenvalue weighted by molar-refractivity contribution is 0.258. The number of rotatable bonds is 4. The fourth-order valence-electron chi connectivity index (χ4n) is 0.995. The summed E-state index contributed by atoms with van der Waals surface area (Å²) in [6.45, 7) is 9.84. The maximum absolute atomic E-state index is 4.19. The van der Waals surface area contributed by atoms with E-state index in [0.717, 1.165) is 6.54 Å². The summed E-state index contributed by atoms with van der Waals surface area (Å²) >= 11 is 0. The first-order chi connectivity index (χ1) is 5.49. The highest BCUT2D eigenvalue weighted by molar-refractivity contribution is 5.84. The molecule has 0 amide bonds. The molecule has 0 radical (unpaired) electrons. The first-order valence-corrected chi connectivity index (χ1v) is 4.62. The first-order valence-electron chi connectivity index (χ1n) is 4.62. The fraction of sp³-hybridized carbons (Fsp3) is 0.900. The van der Waals surface area contributed by atoms with Crippen molar-refractivity contribution < 1.29 is 0 Å². The second-order valence-electron chi connectivity index (χ2n) is 3.80. The third-order valence-corrected chi connectivity index (χ3v) is 2.51. The molecule has 1 atom stereocenters. The topological polar surface area (TPSA) is 15.6 Å². The Morgan fingerprint density at radius 2 is 1.83 bits per heavy atom. The van der Waals surface area contributed by atoms with E-state index in [1.807, 2.05) is 7.05 Å². The Bertz CT molecular complexity index is 150. The minimum atomic E-state index is 0.572. The molecule has 72 valence electrons. The van der Waals surface area contributed by atoms with Crippen LogP contribution in [-0.4, -0.2) is 37.3 Å². The largest absolute Gasteiger partial charge is 0.303 e. The van der Waals surface area contributed by atoms with E-state index in [-0.39, 0.29) is 0 Å². The summed E-state index contributed by atoms with van der Waals surface area (Å²) in [5, 5.41) is 0. The average Bonchev–Trinajstić information content (AvgIpc) is 2.02. The lowest BCUT2D eigenvalue weighted by atomic mass is 10.1. The zero-order valence-corrected chi connectivity index (χ0v) is 9.26. The van der Waals surface area contributed by atoms with Gasteiger partial charge in [0.15, 0.2) is 0 Å². The van der Waals surface area contributed by atoms with Crippen molar-refractivity contribution in [1.29, 1.82) is 0 Å². The molecule has 0 aromatic rings. The molecular formula is C10H22N2. The predicted molar refractivity (Wildman–Crippen MR) is 56.0 cm³/mol. The van der Waals surface area contributed by atoms with Crippen molar-refractivity contribution in [2.45, 2.75) is 33.7 Å². The van der Waals surface area contributed by atoms with Gasteiger partial charge in [-0.3, -0.25) is 4.99 Å². The molecule has 0 N–H and O–H groups in total. The monoisotopic (exact) mass is 170 g/mol. The first kappa shape index (κ1) is 11.6. The summed E-state index contributed by atoms with van der Waals surface area (Å²) in [6, 6.07) is 0.622. The summed E-state index contributed by atoms with van der Waals surface area (Å²) in [5.41, 5.74) is 1.24. The van der Waals surface area contributed by atoms with E-state index < -0.39 is 0 Å². The van der Waals surface area contributed by atoms with E-state index in [1.165, 1.54) is 5.71 Å². The van der Waals surface area contributed by atoms with Crippen LogP contribution in [0.2, 0.25) is 0 Å². The highest BCUT2D eigenvalue weighted by Crippen LogP contribution is 2.03. The van der Waals surface area contributed by atoms with Gasteiger partial charge in [0, 0.05) is 31.3 Å². The second-order valence-corrected chi connectivity index (χ2v) is 3.80. The third-order valence-electron chi connectivity index (χ3n) is 2.51. The van der Waals surface area contributed by atoms with Crippen LogP contribution in [0, 0.1) is 5.92 Å². The van der Waals surface area contributed by atoms with Crippen LogP contribution >= 0.6 is 0 Å². The van der Waals surface area contributed by atoms with Crippen LogP contribution in [0.3, 0.4) is 0 Å². The third kappa shape index (κ3) is 3.86. The standard InChI is InChI=1S/C10H22N2/c1-8(2)12(6)7-9(3)10(4)11-5/h8-9H,7H2,1-6H3/b11-10-. The van der Waals surface area contributed by atoms with E-state index >= 15 is 0 Å². The average molecular weight is 170 g/mol. The highest BCUT2D eigenvalue weighted by Gasteiger charge is 2.10. The molecule has 0 bridgehead atoms. The van der Waals surface area contributed by atoms with Crippen molar-refractivity contribution in [3.8, 4) is 0 Å². The number of hydrogen-bond donors (Lipinski definition) is 0. The highest BCUT2D eigenvalue weighted by atomic mass is 15.1. The molecule has 0 spiro atoms. The van der Waals surface area contributed by atoms with Gasteiger partial charge < -0.3 is 4.90 Å². The molecule has 12 heavy (non-hydrogen) atoms. The van der Waals surface area contributed by atoms with Gasteiger partial charge in [-0.25, -0.2) is 0 Å². The SMILES string of the molecule is C/N=C(/C)C(C)CN(C)C(C)C. The molecule has 0 aliphatic carbocycles. The molecule has 1 unspecified atom stereocenters. The van der Waals surface area contributed by atoms with Crippen LogP contribution < -0.4 is 0 Å². The maximum atomic E-state index is 4.19. The molecule has 2 nitrogen and oxygen atoms in total. The molecule has 2 heteroatoms. The molecule has 0 aliphatic rings. The lowest BCUT2D eigenvalue weighted by Crippen LogP contribution is -2.32. The zero-order valence-electron chi connectivity index (χ0n) is 9.26. The van der Waals surface area contributed by atoms with E-state index in [1.54, 1.807) is 0 Å². The quantitative estimate of drug-likeness (QED) is 0.590. The number of aliphatic imine (C=N–C) groups is 1. The minimum absolute atomic E-state index is 0.572. The van der Waals surface area contributed by atoms with Gasteiger partial charge in [-0.15, -0.1) is 0 Å². The van der Waals surface area contributed by atoms with Crippen LogP contribution in [-0.2, 0) is 0 Å². The van der Waals surface area contributed by atoms with Gasteiger partial charge in [0.05, 0.1) is 0 Å². The van der Waals surface area contributed by atoms with Gasteiger partial charge in [-0.05, 0) is 27.8 Å². The Kier molecular flexibility index (Phi) is 5.14. The van der Waals surface area contributed by atoms with E-state index in [4.69, 9.17) is 0 Å². The molecule has 0 aliphatic heterocycles. The lowest BCUT2D eigenvalue weighted by Gasteiger charge is -2.24. The maximum Gasteiger partial charge on any atom is 0.0276 e. The van der Waals surface area contributed by atoms with E-state index in [9.17, 15) is 0 Å². The van der Waals surface area contributed by atoms with Crippen LogP contribution in [0.25, 0.3) is 0 Å². The fourth-order valence-corrected chi connectivity index (χ4v) is 0.995. The minimum Gasteiger partial charge on any atom is -0.303 e. The van der Waals surface area contributed by atoms with Gasteiger partial charge in [0.2, 0.25) is 0 Å². The van der Waals surface area contributed by atoms with Crippen molar-refractivity contribution >= 4 is 5.71 Å². The van der Waals surface area contributed by atoms with Crippen molar-refractivity contribution in [2.24, 2.45) is 10.9 Å². The Hall–Kier alpha value is -0.370. The summed E-state index contributed by atoms with van der Waals surface area (Å²) < 4.78 is 0. The van der Waals surface area contributed by atoms with Crippen molar-refractivity contribution in [3.63, 3.8) is 0 Å². The van der Waals surface area contributed by atoms with Crippen LogP contribution in [0.4, 0.5) is 0 Å². The van der Waals surface area contributed by atoms with E-state index in [2.05, 4.69) is 44.6 Å². The molecule has 0 rings (SSSR count). The molecule has 0 aromatic carbocycles. The molecule has 0 fully saturated rings. The smallest absolute Gasteiger partial charge is 0.0276 e. The molecule has 0 heterocycles. The molecule has 0 aromatic heterocycles. The zero-order chi connectivity index (χ0) is 9.72. The van der Waals surface area contributed by atoms with Crippen LogP contribution in [0.15, 0.2) is 4.99 Å². The second kappa shape index (κ2) is 5.31. The van der Waals surface area contributed by atoms with Crippen molar-refractivity contribution in [3.05, 3.63) is 0 Å². The molecule has 0 saturated carbocycles. The molecular weight excluding hydrogens is 148 g/mol. The Morgan fingerprint density at radius 1 is 1.33 bits per heavy atom. The number of nitrogens with zero attached hydrogens (tertiary/aromatic N) is 2. The normalized spacial score (nSPS) is 15.8. The predicted octanol–water partition coefficient (Wildman–Crippen LogP) is 2.05. The Morgan fingerprint density at radius 3 is 2.17 bits per heavy atom. The van der Waals surface area contributed by atoms with Crippen LogP contribution in [0.1, 0.15) is 27.7 Å². The van der Waals surface area contributed by atoms with Gasteiger partial charge in [-0.2, -0.15) is 0 Å². The van der Waals surface area contributed by atoms with E-state index in [0.29, 0.717) is 12.0 Å². The summed E-state index contributed by atoms with van der Waals surface area (Å²) in [5.74, 6) is 0.572. The summed E-state index contributed by atoms with van der Waals surface area (Å²) in [6.07, 6.45) is 0. The Labute approximate surface area is 76.7 Å². The summed E-state index contributed by atoms with van der Waals surface area (Å²) in [4.78, 5) is 6.54. The van der Waals surface area contributed by atoms with Crippen molar-refractivity contribution in [2.75, 3.05) is 20.6 Å². The van der Waals surface area contributed by atoms with Gasteiger partial charge in [0.1, 0.15) is 0 Å². The molecule has 0 saturated heterocycles. The Balaban J connectivity index is 3.92. The number of hydrogen-bond acceptors (Lipinski definition) is 2. The van der Waals surface area contributed by atoms with Crippen LogP contribution in [0.5, 0.6) is 0 Å². The van der Waals surface area contributed by atoms with Gasteiger partial charge in [-0.1, -0.05) is 6.92 Å². The summed E-state index contributed by atoms with van der Waals surface area (Å²) in [7, 11) is 4.02. The van der Waals surface area contributed by atoms with Crippen molar-refractivity contribution in [1.82, 2.24) is 4.90 Å². The van der Waals surface area contributed by atoms with Gasteiger partial charge >= 0.3 is 0 Å². The van der Waals surface area contributed by atoms with Gasteiger partial charge in [0.25, 0.3) is 0 Å².